The molecule has 0 bridgehead atoms. The Morgan fingerprint density at radius 1 is 1.10 bits per heavy atom. The van der Waals surface area contributed by atoms with Crippen molar-refractivity contribution in [1.82, 2.24) is 9.97 Å². The molecule has 2 heterocycles. The molecule has 0 fully saturated rings. The molecular formula is C15H14N4O. The summed E-state index contributed by atoms with van der Waals surface area (Å²) in [6.07, 6.45) is 2.49. The van der Waals surface area contributed by atoms with Gasteiger partial charge in [-0.15, -0.1) is 5.11 Å². The molecule has 100 valence electrons. The first kappa shape index (κ1) is 12.3. The molecule has 0 aliphatic rings. The van der Waals surface area contributed by atoms with Crippen LogP contribution in [-0.4, -0.2) is 21.6 Å². The SMILES string of the molecule is Oc1[nH]c2ccccc2c1N=NCCc1ccccn1. The number of aromatic hydroxyl groups is 1. The van der Waals surface area contributed by atoms with Crippen LogP contribution in [0.4, 0.5) is 5.69 Å². The lowest BCUT2D eigenvalue weighted by atomic mass is 10.2. The molecule has 0 spiro atoms. The Balaban J connectivity index is 1.73. The monoisotopic (exact) mass is 266 g/mol. The van der Waals surface area contributed by atoms with Crippen LogP contribution in [0.3, 0.4) is 0 Å². The minimum Gasteiger partial charge on any atom is -0.493 e. The molecule has 0 saturated carbocycles. The van der Waals surface area contributed by atoms with Crippen LogP contribution in [-0.2, 0) is 6.42 Å². The zero-order valence-corrected chi connectivity index (χ0v) is 10.8. The summed E-state index contributed by atoms with van der Waals surface area (Å²) in [6, 6.07) is 13.4. The number of pyridine rings is 1. The van der Waals surface area contributed by atoms with E-state index in [4.69, 9.17) is 0 Å². The van der Waals surface area contributed by atoms with Crippen molar-refractivity contribution in [3.63, 3.8) is 0 Å². The van der Waals surface area contributed by atoms with Gasteiger partial charge in [-0.1, -0.05) is 24.3 Å². The van der Waals surface area contributed by atoms with E-state index in [9.17, 15) is 5.11 Å². The highest BCUT2D eigenvalue weighted by Crippen LogP contribution is 2.34. The molecule has 2 N–H and O–H groups in total. The van der Waals surface area contributed by atoms with Gasteiger partial charge in [-0.2, -0.15) is 5.11 Å². The van der Waals surface area contributed by atoms with Crippen molar-refractivity contribution in [1.29, 1.82) is 0 Å². The molecule has 5 nitrogen and oxygen atoms in total. The summed E-state index contributed by atoms with van der Waals surface area (Å²) in [7, 11) is 0. The number of para-hydroxylation sites is 1. The van der Waals surface area contributed by atoms with Crippen LogP contribution >= 0.6 is 0 Å². The van der Waals surface area contributed by atoms with Gasteiger partial charge in [-0.25, -0.2) is 0 Å². The quantitative estimate of drug-likeness (QED) is 0.708. The lowest BCUT2D eigenvalue weighted by Crippen LogP contribution is -1.91. The van der Waals surface area contributed by atoms with Gasteiger partial charge in [-0.3, -0.25) is 4.98 Å². The number of aromatic nitrogens is 2. The van der Waals surface area contributed by atoms with Gasteiger partial charge in [0.05, 0.1) is 12.1 Å². The standard InChI is InChI=1S/C15H14N4O/c20-15-14(12-6-1-2-7-13(12)18-15)19-17-10-8-11-5-3-4-9-16-11/h1-7,9,18,20H,8,10H2. The molecule has 0 aliphatic carbocycles. The number of nitrogens with zero attached hydrogens (tertiary/aromatic N) is 3. The van der Waals surface area contributed by atoms with Gasteiger partial charge in [-0.05, 0) is 18.2 Å². The average molecular weight is 266 g/mol. The number of fused-ring (bicyclic) bond motifs is 1. The summed E-state index contributed by atoms with van der Waals surface area (Å²) < 4.78 is 0. The van der Waals surface area contributed by atoms with E-state index in [1.165, 1.54) is 0 Å². The zero-order valence-electron chi connectivity index (χ0n) is 10.8. The third-order valence-electron chi connectivity index (χ3n) is 3.02. The maximum Gasteiger partial charge on any atom is 0.218 e. The minimum atomic E-state index is 0.0489. The Morgan fingerprint density at radius 2 is 1.95 bits per heavy atom. The normalized spacial score (nSPS) is 11.4. The van der Waals surface area contributed by atoms with Gasteiger partial charge < -0.3 is 10.1 Å². The van der Waals surface area contributed by atoms with E-state index in [-0.39, 0.29) is 5.88 Å². The van der Waals surface area contributed by atoms with Crippen molar-refractivity contribution in [2.75, 3.05) is 6.54 Å². The van der Waals surface area contributed by atoms with Crippen LogP contribution in [0, 0.1) is 0 Å². The lowest BCUT2D eigenvalue weighted by molar-refractivity contribution is 0.459. The van der Waals surface area contributed by atoms with E-state index in [0.29, 0.717) is 12.2 Å². The van der Waals surface area contributed by atoms with Gasteiger partial charge in [0.1, 0.15) is 0 Å². The van der Waals surface area contributed by atoms with E-state index >= 15 is 0 Å². The molecule has 0 aliphatic heterocycles. The highest BCUT2D eigenvalue weighted by Gasteiger charge is 2.08. The Hall–Kier alpha value is -2.69. The number of aromatic amines is 1. The molecule has 0 saturated heterocycles. The summed E-state index contributed by atoms with van der Waals surface area (Å²) in [5.74, 6) is 0.0489. The Kier molecular flexibility index (Phi) is 3.41. The number of nitrogens with one attached hydrogen (secondary N) is 1. The molecule has 20 heavy (non-hydrogen) atoms. The van der Waals surface area contributed by atoms with E-state index < -0.39 is 0 Å². The molecule has 3 aromatic rings. The largest absolute Gasteiger partial charge is 0.493 e. The van der Waals surface area contributed by atoms with Crippen molar-refractivity contribution in [3.05, 3.63) is 54.4 Å². The molecule has 0 radical (unpaired) electrons. The highest BCUT2D eigenvalue weighted by molar-refractivity contribution is 5.93. The number of rotatable bonds is 4. The second kappa shape index (κ2) is 5.52. The second-order valence-electron chi connectivity index (χ2n) is 4.40. The maximum atomic E-state index is 9.83. The van der Waals surface area contributed by atoms with Crippen LogP contribution in [0.2, 0.25) is 0 Å². The average Bonchev–Trinajstić information content (AvgIpc) is 2.80. The molecule has 3 rings (SSSR count). The van der Waals surface area contributed by atoms with Crippen LogP contribution in [0.5, 0.6) is 5.88 Å². The van der Waals surface area contributed by atoms with Crippen LogP contribution in [0.1, 0.15) is 5.69 Å². The maximum absolute atomic E-state index is 9.83. The Morgan fingerprint density at radius 3 is 2.80 bits per heavy atom. The predicted octanol–water partition coefficient (Wildman–Crippen LogP) is 3.59. The van der Waals surface area contributed by atoms with Gasteiger partial charge in [0.2, 0.25) is 5.88 Å². The summed E-state index contributed by atoms with van der Waals surface area (Å²) in [5, 5.41) is 18.9. The van der Waals surface area contributed by atoms with Crippen LogP contribution in [0.15, 0.2) is 58.9 Å². The zero-order chi connectivity index (χ0) is 13.8. The number of H-pyrrole nitrogens is 1. The highest BCUT2D eigenvalue weighted by atomic mass is 16.3. The fourth-order valence-corrected chi connectivity index (χ4v) is 2.05. The van der Waals surface area contributed by atoms with E-state index in [0.717, 1.165) is 23.0 Å². The molecule has 0 unspecified atom stereocenters. The van der Waals surface area contributed by atoms with E-state index in [1.807, 2.05) is 42.5 Å². The molecule has 0 amide bonds. The number of benzene rings is 1. The fraction of sp³-hybridized carbons (Fsp3) is 0.133. The van der Waals surface area contributed by atoms with Gasteiger partial charge in [0.25, 0.3) is 0 Å². The third kappa shape index (κ3) is 2.51. The first-order valence-electron chi connectivity index (χ1n) is 6.41. The van der Waals surface area contributed by atoms with Crippen molar-refractivity contribution >= 4 is 16.6 Å². The van der Waals surface area contributed by atoms with Crippen LogP contribution < -0.4 is 0 Å². The summed E-state index contributed by atoms with van der Waals surface area (Å²) >= 11 is 0. The summed E-state index contributed by atoms with van der Waals surface area (Å²) in [5.41, 5.74) is 2.32. The Labute approximate surface area is 116 Å². The smallest absolute Gasteiger partial charge is 0.218 e. The van der Waals surface area contributed by atoms with Crippen molar-refractivity contribution < 1.29 is 5.11 Å². The van der Waals surface area contributed by atoms with Gasteiger partial charge in [0.15, 0.2) is 5.69 Å². The molecule has 1 aromatic carbocycles. The molecule has 0 atom stereocenters. The molecule has 2 aromatic heterocycles. The summed E-state index contributed by atoms with van der Waals surface area (Å²) in [4.78, 5) is 7.10. The van der Waals surface area contributed by atoms with E-state index in [2.05, 4.69) is 20.2 Å². The van der Waals surface area contributed by atoms with Crippen molar-refractivity contribution in [2.24, 2.45) is 10.2 Å². The van der Waals surface area contributed by atoms with Crippen molar-refractivity contribution in [3.8, 4) is 5.88 Å². The Bertz CT molecular complexity index is 734. The first-order chi connectivity index (χ1) is 9.84. The molecule has 5 heteroatoms. The number of hydrogen-bond donors (Lipinski definition) is 2. The minimum absolute atomic E-state index is 0.0489. The van der Waals surface area contributed by atoms with Gasteiger partial charge >= 0.3 is 0 Å². The van der Waals surface area contributed by atoms with E-state index in [1.54, 1.807) is 6.20 Å². The number of azo groups is 1. The topological polar surface area (TPSA) is 73.6 Å². The van der Waals surface area contributed by atoms with Crippen LogP contribution in [0.25, 0.3) is 10.9 Å². The van der Waals surface area contributed by atoms with Gasteiger partial charge in [0, 0.05) is 23.7 Å². The predicted molar refractivity (Wildman–Crippen MR) is 77.3 cm³/mol. The second-order valence-corrected chi connectivity index (χ2v) is 4.40. The molecular weight excluding hydrogens is 252 g/mol. The number of hydrogen-bond acceptors (Lipinski definition) is 4. The third-order valence-corrected chi connectivity index (χ3v) is 3.02. The summed E-state index contributed by atoms with van der Waals surface area (Å²) in [6.45, 7) is 0.538. The first-order valence-corrected chi connectivity index (χ1v) is 6.41. The fourth-order valence-electron chi connectivity index (χ4n) is 2.05. The van der Waals surface area contributed by atoms with Crippen molar-refractivity contribution in [2.45, 2.75) is 6.42 Å². The lowest BCUT2D eigenvalue weighted by Gasteiger charge is -1.95.